The lowest BCUT2D eigenvalue weighted by atomic mass is 9.74. The summed E-state index contributed by atoms with van der Waals surface area (Å²) < 4.78 is 13.3. The lowest BCUT2D eigenvalue weighted by Gasteiger charge is -2.41. The van der Waals surface area contributed by atoms with Crippen LogP contribution in [0.15, 0.2) is 18.2 Å². The van der Waals surface area contributed by atoms with Gasteiger partial charge in [-0.3, -0.25) is 4.90 Å². The molecule has 3 heteroatoms. The number of phenols is 1. The predicted octanol–water partition coefficient (Wildman–Crippen LogP) is 3.93. The Morgan fingerprint density at radius 3 is 2.42 bits per heavy atom. The number of para-hydroxylation sites is 1. The number of rotatable bonds is 4. The third-order valence-electron chi connectivity index (χ3n) is 4.88. The van der Waals surface area contributed by atoms with Crippen molar-refractivity contribution in [1.82, 2.24) is 4.90 Å². The Labute approximate surface area is 115 Å². The quantitative estimate of drug-likeness (QED) is 0.891. The first-order valence-electron chi connectivity index (χ1n) is 7.29. The van der Waals surface area contributed by atoms with Crippen LogP contribution in [0.4, 0.5) is 4.39 Å². The number of hydrogen-bond acceptors (Lipinski definition) is 2. The standard InChI is InChI=1S/C16H24FNO/c1-3-16(4-2)8-10-18(11-9-16)12-13-6-5-7-14(17)15(13)19/h5-7,19H,3-4,8-12H2,1-2H3. The van der Waals surface area contributed by atoms with Gasteiger partial charge < -0.3 is 5.11 Å². The molecular formula is C16H24FNO. The maximum absolute atomic E-state index is 13.3. The molecule has 1 aromatic rings. The molecule has 0 atom stereocenters. The van der Waals surface area contributed by atoms with Crippen molar-refractivity contribution in [2.24, 2.45) is 5.41 Å². The van der Waals surface area contributed by atoms with E-state index in [0.717, 1.165) is 13.1 Å². The van der Waals surface area contributed by atoms with E-state index < -0.39 is 5.82 Å². The van der Waals surface area contributed by atoms with E-state index in [9.17, 15) is 9.50 Å². The predicted molar refractivity (Wildman–Crippen MR) is 75.6 cm³/mol. The summed E-state index contributed by atoms with van der Waals surface area (Å²) in [6, 6.07) is 4.77. The summed E-state index contributed by atoms with van der Waals surface area (Å²) in [5.41, 5.74) is 1.20. The molecule has 1 aliphatic heterocycles. The largest absolute Gasteiger partial charge is 0.505 e. The molecule has 1 fully saturated rings. The zero-order chi connectivity index (χ0) is 13.9. The SMILES string of the molecule is CCC1(CC)CCN(Cc2cccc(F)c2O)CC1. The molecule has 1 aliphatic rings. The van der Waals surface area contributed by atoms with Crippen molar-refractivity contribution >= 4 is 0 Å². The summed E-state index contributed by atoms with van der Waals surface area (Å²) in [5.74, 6) is -0.712. The molecule has 0 spiro atoms. The van der Waals surface area contributed by atoms with Gasteiger partial charge in [0, 0.05) is 12.1 Å². The summed E-state index contributed by atoms with van der Waals surface area (Å²) in [6.07, 6.45) is 4.89. The lowest BCUT2D eigenvalue weighted by Crippen LogP contribution is -2.39. The highest BCUT2D eigenvalue weighted by atomic mass is 19.1. The van der Waals surface area contributed by atoms with Crippen LogP contribution in [0.5, 0.6) is 5.75 Å². The van der Waals surface area contributed by atoms with Gasteiger partial charge in [-0.2, -0.15) is 0 Å². The number of aromatic hydroxyl groups is 1. The summed E-state index contributed by atoms with van der Waals surface area (Å²) in [5, 5.41) is 9.72. The maximum Gasteiger partial charge on any atom is 0.165 e. The molecule has 0 unspecified atom stereocenters. The highest BCUT2D eigenvalue weighted by Gasteiger charge is 2.31. The average molecular weight is 265 g/mol. The monoisotopic (exact) mass is 265 g/mol. The highest BCUT2D eigenvalue weighted by molar-refractivity contribution is 5.33. The molecule has 0 aromatic heterocycles. The molecule has 2 rings (SSSR count). The number of phenolic OH excluding ortho intramolecular Hbond substituents is 1. The van der Waals surface area contributed by atoms with E-state index in [-0.39, 0.29) is 5.75 Å². The third-order valence-corrected chi connectivity index (χ3v) is 4.88. The molecule has 0 bridgehead atoms. The molecule has 1 N–H and O–H groups in total. The van der Waals surface area contributed by atoms with E-state index in [0.29, 0.717) is 17.5 Å². The Kier molecular flexibility index (Phi) is 4.46. The second-order valence-electron chi connectivity index (χ2n) is 5.73. The normalized spacial score (nSPS) is 19.5. The molecule has 106 valence electrons. The number of piperidine rings is 1. The van der Waals surface area contributed by atoms with Crippen molar-refractivity contribution < 1.29 is 9.50 Å². The zero-order valence-electron chi connectivity index (χ0n) is 12.0. The molecule has 1 heterocycles. The second kappa shape index (κ2) is 5.91. The van der Waals surface area contributed by atoms with Crippen LogP contribution in [0.1, 0.15) is 45.1 Å². The van der Waals surface area contributed by atoms with Gasteiger partial charge in [0.25, 0.3) is 0 Å². The highest BCUT2D eigenvalue weighted by Crippen LogP contribution is 2.38. The van der Waals surface area contributed by atoms with Gasteiger partial charge in [0.2, 0.25) is 0 Å². The summed E-state index contributed by atoms with van der Waals surface area (Å²) in [7, 11) is 0. The third kappa shape index (κ3) is 3.08. The molecule has 19 heavy (non-hydrogen) atoms. The number of likely N-dealkylation sites (tertiary alicyclic amines) is 1. The van der Waals surface area contributed by atoms with Crippen molar-refractivity contribution in [3.8, 4) is 5.75 Å². The van der Waals surface area contributed by atoms with E-state index in [4.69, 9.17) is 0 Å². The Morgan fingerprint density at radius 1 is 1.21 bits per heavy atom. The summed E-state index contributed by atoms with van der Waals surface area (Å²) >= 11 is 0. The van der Waals surface area contributed by atoms with Crippen LogP contribution in [0.3, 0.4) is 0 Å². The van der Waals surface area contributed by atoms with Crippen LogP contribution < -0.4 is 0 Å². The molecule has 1 aromatic carbocycles. The Balaban J connectivity index is 1.98. The van der Waals surface area contributed by atoms with Gasteiger partial charge in [-0.25, -0.2) is 4.39 Å². The fraction of sp³-hybridized carbons (Fsp3) is 0.625. The topological polar surface area (TPSA) is 23.5 Å². The summed E-state index contributed by atoms with van der Waals surface area (Å²) in [6.45, 7) is 7.28. The van der Waals surface area contributed by atoms with Gasteiger partial charge in [-0.05, 0) is 37.4 Å². The van der Waals surface area contributed by atoms with E-state index in [1.807, 2.05) is 0 Å². The van der Waals surface area contributed by atoms with Gasteiger partial charge >= 0.3 is 0 Å². The Morgan fingerprint density at radius 2 is 1.84 bits per heavy atom. The van der Waals surface area contributed by atoms with Crippen molar-refractivity contribution in [3.63, 3.8) is 0 Å². The molecule has 0 amide bonds. The van der Waals surface area contributed by atoms with Gasteiger partial charge in [0.1, 0.15) is 0 Å². The molecule has 0 aliphatic carbocycles. The van der Waals surface area contributed by atoms with Gasteiger partial charge in [0.15, 0.2) is 11.6 Å². The minimum atomic E-state index is -0.522. The molecule has 1 saturated heterocycles. The fourth-order valence-corrected chi connectivity index (χ4v) is 3.07. The zero-order valence-corrected chi connectivity index (χ0v) is 12.0. The van der Waals surface area contributed by atoms with Crippen LogP contribution in [0.2, 0.25) is 0 Å². The van der Waals surface area contributed by atoms with Crippen molar-refractivity contribution in [3.05, 3.63) is 29.6 Å². The first-order chi connectivity index (χ1) is 9.10. The van der Waals surface area contributed by atoms with E-state index in [1.165, 1.54) is 31.7 Å². The fourth-order valence-electron chi connectivity index (χ4n) is 3.07. The lowest BCUT2D eigenvalue weighted by molar-refractivity contribution is 0.0903. The smallest absolute Gasteiger partial charge is 0.165 e. The maximum atomic E-state index is 13.3. The van der Waals surface area contributed by atoms with E-state index in [1.54, 1.807) is 12.1 Å². The minimum Gasteiger partial charge on any atom is -0.505 e. The van der Waals surface area contributed by atoms with E-state index in [2.05, 4.69) is 18.7 Å². The van der Waals surface area contributed by atoms with Gasteiger partial charge in [-0.15, -0.1) is 0 Å². The first-order valence-corrected chi connectivity index (χ1v) is 7.29. The van der Waals surface area contributed by atoms with Crippen molar-refractivity contribution in [1.29, 1.82) is 0 Å². The number of halogens is 1. The first kappa shape index (κ1) is 14.3. The van der Waals surface area contributed by atoms with Crippen LogP contribution in [0, 0.1) is 11.2 Å². The van der Waals surface area contributed by atoms with Gasteiger partial charge in [-0.1, -0.05) is 38.8 Å². The van der Waals surface area contributed by atoms with Crippen LogP contribution in [0.25, 0.3) is 0 Å². The Hall–Kier alpha value is -1.09. The second-order valence-corrected chi connectivity index (χ2v) is 5.73. The number of nitrogens with zero attached hydrogens (tertiary/aromatic N) is 1. The molecule has 0 radical (unpaired) electrons. The molecule has 2 nitrogen and oxygen atoms in total. The van der Waals surface area contributed by atoms with Crippen LogP contribution in [-0.4, -0.2) is 23.1 Å². The van der Waals surface area contributed by atoms with Crippen molar-refractivity contribution in [2.75, 3.05) is 13.1 Å². The van der Waals surface area contributed by atoms with Gasteiger partial charge in [0.05, 0.1) is 0 Å². The minimum absolute atomic E-state index is 0.190. The average Bonchev–Trinajstić information content (AvgIpc) is 2.45. The van der Waals surface area contributed by atoms with Crippen LogP contribution >= 0.6 is 0 Å². The van der Waals surface area contributed by atoms with Crippen molar-refractivity contribution in [2.45, 2.75) is 46.1 Å². The van der Waals surface area contributed by atoms with E-state index >= 15 is 0 Å². The number of hydrogen-bond donors (Lipinski definition) is 1. The Bertz CT molecular complexity index is 419. The number of benzene rings is 1. The molecule has 0 saturated carbocycles. The summed E-state index contributed by atoms with van der Waals surface area (Å²) in [4.78, 5) is 2.32. The van der Waals surface area contributed by atoms with Crippen LogP contribution in [-0.2, 0) is 6.54 Å². The molecular weight excluding hydrogens is 241 g/mol.